The van der Waals surface area contributed by atoms with Crippen molar-refractivity contribution < 1.29 is 9.53 Å². The van der Waals surface area contributed by atoms with Gasteiger partial charge in [-0.25, -0.2) is 0 Å². The molecule has 0 bridgehead atoms. The predicted molar refractivity (Wildman–Crippen MR) is 106 cm³/mol. The van der Waals surface area contributed by atoms with Crippen LogP contribution < -0.4 is 4.74 Å². The first kappa shape index (κ1) is 19.1. The zero-order chi connectivity index (χ0) is 18.4. The molecule has 0 spiro atoms. The molecule has 0 N–H and O–H groups in total. The van der Waals surface area contributed by atoms with E-state index >= 15 is 0 Å². The average molecular weight is 392 g/mol. The number of amides is 1. The number of benzene rings is 2. The van der Waals surface area contributed by atoms with E-state index in [9.17, 15) is 4.79 Å². The SMILES string of the molecule is O=C(CCCOc1ccc(Cl)cc1Cl)N1CCC(c2ccccc2)CC1. The van der Waals surface area contributed by atoms with Gasteiger partial charge in [0.1, 0.15) is 5.75 Å². The molecule has 0 saturated carbocycles. The van der Waals surface area contributed by atoms with Gasteiger partial charge in [0.05, 0.1) is 11.6 Å². The van der Waals surface area contributed by atoms with Crippen molar-refractivity contribution in [3.05, 3.63) is 64.1 Å². The van der Waals surface area contributed by atoms with Gasteiger partial charge >= 0.3 is 0 Å². The van der Waals surface area contributed by atoms with Crippen LogP contribution >= 0.6 is 23.2 Å². The highest BCUT2D eigenvalue weighted by atomic mass is 35.5. The van der Waals surface area contributed by atoms with E-state index in [1.165, 1.54) is 5.56 Å². The molecule has 2 aromatic carbocycles. The fourth-order valence-corrected chi connectivity index (χ4v) is 3.81. The maximum atomic E-state index is 12.4. The third-order valence-corrected chi connectivity index (χ3v) is 5.34. The van der Waals surface area contributed by atoms with E-state index in [0.717, 1.165) is 25.9 Å². The van der Waals surface area contributed by atoms with E-state index < -0.39 is 0 Å². The molecule has 5 heteroatoms. The van der Waals surface area contributed by atoms with E-state index in [1.54, 1.807) is 18.2 Å². The Morgan fingerprint density at radius 1 is 1.08 bits per heavy atom. The van der Waals surface area contributed by atoms with Crippen LogP contribution in [0.25, 0.3) is 0 Å². The fourth-order valence-electron chi connectivity index (χ4n) is 3.34. The van der Waals surface area contributed by atoms with Gasteiger partial charge in [0, 0.05) is 24.5 Å². The Balaban J connectivity index is 1.38. The number of ether oxygens (including phenoxy) is 1. The van der Waals surface area contributed by atoms with Crippen molar-refractivity contribution in [2.75, 3.05) is 19.7 Å². The van der Waals surface area contributed by atoms with Crippen molar-refractivity contribution in [2.24, 2.45) is 0 Å². The molecule has 26 heavy (non-hydrogen) atoms. The molecule has 0 radical (unpaired) electrons. The monoisotopic (exact) mass is 391 g/mol. The van der Waals surface area contributed by atoms with E-state index in [0.29, 0.717) is 41.2 Å². The summed E-state index contributed by atoms with van der Waals surface area (Å²) in [6.07, 6.45) is 3.25. The molecular weight excluding hydrogens is 369 g/mol. The number of nitrogens with zero attached hydrogens (tertiary/aromatic N) is 1. The van der Waals surface area contributed by atoms with E-state index in [1.807, 2.05) is 11.0 Å². The van der Waals surface area contributed by atoms with Gasteiger partial charge in [-0.2, -0.15) is 0 Å². The van der Waals surface area contributed by atoms with Gasteiger partial charge in [0.15, 0.2) is 0 Å². The summed E-state index contributed by atoms with van der Waals surface area (Å²) in [6.45, 7) is 2.14. The normalized spacial score (nSPS) is 15.1. The molecule has 1 aliphatic rings. The first-order chi connectivity index (χ1) is 12.6. The highest BCUT2D eigenvalue weighted by Gasteiger charge is 2.23. The standard InChI is InChI=1S/C21H23Cl2NO2/c22-18-8-9-20(19(23)15-18)26-14-4-7-21(25)24-12-10-17(11-13-24)16-5-2-1-3-6-16/h1-3,5-6,8-9,15,17H,4,7,10-14H2. The lowest BCUT2D eigenvalue weighted by Crippen LogP contribution is -2.37. The molecule has 138 valence electrons. The zero-order valence-corrected chi connectivity index (χ0v) is 16.2. The van der Waals surface area contributed by atoms with Crippen LogP contribution in [0.15, 0.2) is 48.5 Å². The Morgan fingerprint density at radius 2 is 1.81 bits per heavy atom. The fraction of sp³-hybridized carbons (Fsp3) is 0.381. The number of rotatable bonds is 6. The summed E-state index contributed by atoms with van der Waals surface area (Å²) >= 11 is 11.9. The van der Waals surface area contributed by atoms with Gasteiger partial charge in [-0.3, -0.25) is 4.79 Å². The lowest BCUT2D eigenvalue weighted by atomic mass is 9.89. The summed E-state index contributed by atoms with van der Waals surface area (Å²) in [5, 5.41) is 1.07. The van der Waals surface area contributed by atoms with Crippen molar-refractivity contribution in [1.82, 2.24) is 4.90 Å². The number of carbonyl (C=O) groups excluding carboxylic acids is 1. The first-order valence-electron chi connectivity index (χ1n) is 9.04. The Hall–Kier alpha value is -1.71. The third kappa shape index (κ3) is 5.15. The second-order valence-electron chi connectivity index (χ2n) is 6.59. The molecule has 0 aliphatic carbocycles. The van der Waals surface area contributed by atoms with Crippen LogP contribution in [0, 0.1) is 0 Å². The third-order valence-electron chi connectivity index (χ3n) is 4.81. The topological polar surface area (TPSA) is 29.5 Å². The molecule has 1 amide bonds. The lowest BCUT2D eigenvalue weighted by Gasteiger charge is -2.32. The summed E-state index contributed by atoms with van der Waals surface area (Å²) < 4.78 is 5.64. The van der Waals surface area contributed by atoms with Gasteiger partial charge in [-0.1, -0.05) is 53.5 Å². The van der Waals surface area contributed by atoms with Crippen LogP contribution in [0.5, 0.6) is 5.75 Å². The van der Waals surface area contributed by atoms with Crippen LogP contribution in [0.4, 0.5) is 0 Å². The lowest BCUT2D eigenvalue weighted by molar-refractivity contribution is -0.132. The van der Waals surface area contributed by atoms with Crippen LogP contribution in [-0.4, -0.2) is 30.5 Å². The van der Waals surface area contributed by atoms with Gasteiger partial charge in [0.2, 0.25) is 5.91 Å². The van der Waals surface area contributed by atoms with E-state index in [4.69, 9.17) is 27.9 Å². The summed E-state index contributed by atoms with van der Waals surface area (Å²) in [5.41, 5.74) is 1.38. The maximum Gasteiger partial charge on any atom is 0.222 e. The molecule has 0 aromatic heterocycles. The minimum atomic E-state index is 0.210. The summed E-state index contributed by atoms with van der Waals surface area (Å²) in [4.78, 5) is 14.4. The van der Waals surface area contributed by atoms with Crippen molar-refractivity contribution >= 4 is 29.1 Å². The quantitative estimate of drug-likeness (QED) is 0.603. The molecule has 0 unspecified atom stereocenters. The molecule has 1 fully saturated rings. The molecule has 1 heterocycles. The summed E-state index contributed by atoms with van der Waals surface area (Å²) in [7, 11) is 0. The molecule has 1 saturated heterocycles. The highest BCUT2D eigenvalue weighted by Crippen LogP contribution is 2.29. The van der Waals surface area contributed by atoms with Crippen molar-refractivity contribution in [3.63, 3.8) is 0 Å². The number of carbonyl (C=O) groups is 1. The number of hydrogen-bond donors (Lipinski definition) is 0. The van der Waals surface area contributed by atoms with Crippen molar-refractivity contribution in [3.8, 4) is 5.75 Å². The average Bonchev–Trinajstić information content (AvgIpc) is 2.67. The highest BCUT2D eigenvalue weighted by molar-refractivity contribution is 6.35. The van der Waals surface area contributed by atoms with Crippen LogP contribution in [0.3, 0.4) is 0 Å². The number of halogens is 2. The first-order valence-corrected chi connectivity index (χ1v) is 9.79. The largest absolute Gasteiger partial charge is 0.492 e. The molecule has 3 nitrogen and oxygen atoms in total. The Morgan fingerprint density at radius 3 is 2.50 bits per heavy atom. The molecule has 3 rings (SSSR count). The van der Waals surface area contributed by atoms with Gasteiger partial charge in [0.25, 0.3) is 0 Å². The van der Waals surface area contributed by atoms with E-state index in [2.05, 4.69) is 24.3 Å². The summed E-state index contributed by atoms with van der Waals surface area (Å²) in [6, 6.07) is 15.7. The minimum Gasteiger partial charge on any atom is -0.492 e. The number of piperidine rings is 1. The van der Waals surface area contributed by atoms with Gasteiger partial charge < -0.3 is 9.64 Å². The summed E-state index contributed by atoms with van der Waals surface area (Å²) in [5.74, 6) is 1.38. The van der Waals surface area contributed by atoms with Crippen LogP contribution in [-0.2, 0) is 4.79 Å². The molecule has 1 aliphatic heterocycles. The second-order valence-corrected chi connectivity index (χ2v) is 7.44. The van der Waals surface area contributed by atoms with Crippen LogP contribution in [0.2, 0.25) is 10.0 Å². The van der Waals surface area contributed by atoms with Crippen molar-refractivity contribution in [1.29, 1.82) is 0 Å². The molecular formula is C21H23Cl2NO2. The smallest absolute Gasteiger partial charge is 0.222 e. The van der Waals surface area contributed by atoms with Gasteiger partial charge in [-0.15, -0.1) is 0 Å². The second kappa shape index (κ2) is 9.29. The molecule has 2 aromatic rings. The maximum absolute atomic E-state index is 12.4. The number of likely N-dealkylation sites (tertiary alicyclic amines) is 1. The molecule has 0 atom stereocenters. The van der Waals surface area contributed by atoms with Gasteiger partial charge in [-0.05, 0) is 48.9 Å². The van der Waals surface area contributed by atoms with E-state index in [-0.39, 0.29) is 5.91 Å². The minimum absolute atomic E-state index is 0.210. The Bertz CT molecular complexity index is 728. The predicted octanol–water partition coefficient (Wildman–Crippen LogP) is 5.56. The number of hydrogen-bond acceptors (Lipinski definition) is 2. The Labute approximate surface area is 164 Å². The zero-order valence-electron chi connectivity index (χ0n) is 14.7. The van der Waals surface area contributed by atoms with Crippen molar-refractivity contribution in [2.45, 2.75) is 31.6 Å². The van der Waals surface area contributed by atoms with Crippen LogP contribution in [0.1, 0.15) is 37.2 Å². The Kier molecular flexibility index (Phi) is 6.81.